The lowest BCUT2D eigenvalue weighted by atomic mass is 9.69. The quantitative estimate of drug-likeness (QED) is 0.424. The Labute approximate surface area is 206 Å². The zero-order valence-electron chi connectivity index (χ0n) is 22.5. The number of hydrogen-bond acceptors (Lipinski definition) is 4. The lowest BCUT2D eigenvalue weighted by Gasteiger charge is -2.48. The maximum absolute atomic E-state index is 13.3. The highest BCUT2D eigenvalue weighted by atomic mass is 16.5. The summed E-state index contributed by atoms with van der Waals surface area (Å²) < 4.78 is 5.35. The Morgan fingerprint density at radius 2 is 1.68 bits per heavy atom. The summed E-state index contributed by atoms with van der Waals surface area (Å²) in [5.41, 5.74) is 1.57. The van der Waals surface area contributed by atoms with Crippen molar-refractivity contribution < 1.29 is 14.3 Å². The van der Waals surface area contributed by atoms with Gasteiger partial charge >= 0.3 is 5.97 Å². The van der Waals surface area contributed by atoms with Gasteiger partial charge in [0.25, 0.3) is 5.91 Å². The average molecular weight is 469 g/mol. The van der Waals surface area contributed by atoms with Crippen LogP contribution in [0.2, 0.25) is 0 Å². The van der Waals surface area contributed by atoms with Gasteiger partial charge in [0.05, 0.1) is 23.9 Å². The maximum atomic E-state index is 13.3. The normalized spacial score (nSPS) is 24.2. The highest BCUT2D eigenvalue weighted by Gasteiger charge is 2.49. The Hall–Kier alpha value is -2.17. The summed E-state index contributed by atoms with van der Waals surface area (Å²) in [7, 11) is 0. The summed E-state index contributed by atoms with van der Waals surface area (Å²) in [6.45, 7) is 17.4. The number of aliphatic imine (C=N–C) groups is 1. The molecule has 188 valence electrons. The molecule has 2 aliphatic rings. The predicted octanol–water partition coefficient (Wildman–Crippen LogP) is 6.96. The SMILES string of the molecule is CC(C)OC(=O)c1ccc(C(CCC(C)(C)C)N2C(=O)C=NC23CCC(C(C)(C)C)CC3)cc1. The summed E-state index contributed by atoms with van der Waals surface area (Å²) in [5, 5.41) is 0. The molecule has 1 saturated carbocycles. The summed E-state index contributed by atoms with van der Waals surface area (Å²) in [5.74, 6) is 0.340. The minimum absolute atomic E-state index is 0.0106. The third-order valence-electron chi connectivity index (χ3n) is 7.47. The van der Waals surface area contributed by atoms with Crippen molar-refractivity contribution in [3.8, 4) is 0 Å². The van der Waals surface area contributed by atoms with E-state index in [1.807, 2.05) is 38.1 Å². The summed E-state index contributed by atoms with van der Waals surface area (Å²) in [4.78, 5) is 32.5. The van der Waals surface area contributed by atoms with Crippen molar-refractivity contribution in [3.05, 3.63) is 35.4 Å². The molecule has 1 aliphatic heterocycles. The number of benzene rings is 1. The van der Waals surface area contributed by atoms with Crippen LogP contribution in [-0.4, -0.2) is 34.8 Å². The Morgan fingerprint density at radius 1 is 1.09 bits per heavy atom. The van der Waals surface area contributed by atoms with Gasteiger partial charge in [-0.25, -0.2) is 4.79 Å². The molecule has 1 atom stereocenters. The van der Waals surface area contributed by atoms with Crippen LogP contribution in [0.3, 0.4) is 0 Å². The van der Waals surface area contributed by atoms with Gasteiger partial charge in [-0.05, 0) is 86.8 Å². The minimum atomic E-state index is -0.448. The zero-order chi connectivity index (χ0) is 25.3. The fourth-order valence-corrected chi connectivity index (χ4v) is 5.40. The third kappa shape index (κ3) is 6.09. The molecular weight excluding hydrogens is 424 g/mol. The molecule has 0 saturated heterocycles. The van der Waals surface area contributed by atoms with Crippen LogP contribution in [-0.2, 0) is 9.53 Å². The second-order valence-corrected chi connectivity index (χ2v) is 12.8. The van der Waals surface area contributed by atoms with E-state index in [4.69, 9.17) is 9.73 Å². The fourth-order valence-electron chi connectivity index (χ4n) is 5.40. The van der Waals surface area contributed by atoms with Crippen molar-refractivity contribution in [1.82, 2.24) is 4.90 Å². The molecule has 1 aromatic rings. The Kier molecular flexibility index (Phi) is 7.64. The third-order valence-corrected chi connectivity index (χ3v) is 7.47. The topological polar surface area (TPSA) is 59.0 Å². The second-order valence-electron chi connectivity index (χ2n) is 12.8. The molecule has 3 rings (SSSR count). The molecule has 1 aliphatic carbocycles. The van der Waals surface area contributed by atoms with Crippen molar-refractivity contribution in [2.45, 2.75) is 112 Å². The van der Waals surface area contributed by atoms with E-state index >= 15 is 0 Å². The van der Waals surface area contributed by atoms with Crippen molar-refractivity contribution >= 4 is 18.1 Å². The smallest absolute Gasteiger partial charge is 0.338 e. The number of amides is 1. The molecule has 1 spiro atoms. The second kappa shape index (κ2) is 9.83. The fraction of sp³-hybridized carbons (Fsp3) is 0.690. The van der Waals surface area contributed by atoms with Crippen LogP contribution in [0.1, 0.15) is 116 Å². The van der Waals surface area contributed by atoms with Gasteiger partial charge in [0.15, 0.2) is 0 Å². The molecule has 1 aromatic carbocycles. The van der Waals surface area contributed by atoms with E-state index in [1.165, 1.54) is 0 Å². The van der Waals surface area contributed by atoms with Gasteiger partial charge in [0, 0.05) is 0 Å². The molecular formula is C29H44N2O3. The van der Waals surface area contributed by atoms with Crippen molar-refractivity contribution in [1.29, 1.82) is 0 Å². The first-order chi connectivity index (χ1) is 15.7. The van der Waals surface area contributed by atoms with Crippen LogP contribution in [0.5, 0.6) is 0 Å². The minimum Gasteiger partial charge on any atom is -0.459 e. The number of rotatable bonds is 6. The molecule has 1 heterocycles. The molecule has 1 unspecified atom stereocenters. The number of esters is 1. The largest absolute Gasteiger partial charge is 0.459 e. The lowest BCUT2D eigenvalue weighted by molar-refractivity contribution is -0.133. The molecule has 0 aromatic heterocycles. The van der Waals surface area contributed by atoms with E-state index in [9.17, 15) is 9.59 Å². The Bertz CT molecular complexity index is 895. The molecule has 34 heavy (non-hydrogen) atoms. The number of carbonyl (C=O) groups is 2. The number of ether oxygens (including phenoxy) is 1. The van der Waals surface area contributed by atoms with E-state index in [0.29, 0.717) is 11.5 Å². The molecule has 5 nitrogen and oxygen atoms in total. The zero-order valence-corrected chi connectivity index (χ0v) is 22.5. The van der Waals surface area contributed by atoms with E-state index < -0.39 is 5.66 Å². The first kappa shape index (κ1) is 26.4. The standard InChI is InChI=1S/C29H44N2O3/c1-20(2)34-26(33)22-11-9-21(10-12-22)24(15-16-27(3,4)5)31-25(32)19-30-29(31)17-13-23(14-18-29)28(6,7)8/h9-12,19-20,23-24H,13-18H2,1-8H3. The molecule has 1 amide bonds. The highest BCUT2D eigenvalue weighted by molar-refractivity contribution is 6.28. The van der Waals surface area contributed by atoms with Gasteiger partial charge in [0.2, 0.25) is 0 Å². The van der Waals surface area contributed by atoms with Gasteiger partial charge in [-0.15, -0.1) is 0 Å². The van der Waals surface area contributed by atoms with Gasteiger partial charge in [0.1, 0.15) is 5.66 Å². The predicted molar refractivity (Wildman–Crippen MR) is 138 cm³/mol. The molecule has 0 N–H and O–H groups in total. The van der Waals surface area contributed by atoms with Crippen LogP contribution in [0.25, 0.3) is 0 Å². The van der Waals surface area contributed by atoms with Gasteiger partial charge in [-0.2, -0.15) is 0 Å². The Morgan fingerprint density at radius 3 is 2.18 bits per heavy atom. The van der Waals surface area contributed by atoms with Crippen molar-refractivity contribution in [2.24, 2.45) is 21.7 Å². The first-order valence-corrected chi connectivity index (χ1v) is 12.9. The van der Waals surface area contributed by atoms with Gasteiger partial charge < -0.3 is 9.64 Å². The molecule has 5 heteroatoms. The van der Waals surface area contributed by atoms with E-state index in [1.54, 1.807) is 6.21 Å². The van der Waals surface area contributed by atoms with Crippen LogP contribution in [0.15, 0.2) is 29.3 Å². The molecule has 0 radical (unpaired) electrons. The van der Waals surface area contributed by atoms with Gasteiger partial charge in [-0.1, -0.05) is 53.7 Å². The number of carbonyl (C=O) groups excluding carboxylic acids is 2. The van der Waals surface area contributed by atoms with Crippen LogP contribution >= 0.6 is 0 Å². The number of hydrogen-bond donors (Lipinski definition) is 0. The van der Waals surface area contributed by atoms with Crippen molar-refractivity contribution in [2.75, 3.05) is 0 Å². The van der Waals surface area contributed by atoms with Crippen LogP contribution < -0.4 is 0 Å². The van der Waals surface area contributed by atoms with Crippen molar-refractivity contribution in [3.63, 3.8) is 0 Å². The van der Waals surface area contributed by atoms with E-state index in [2.05, 4.69) is 46.4 Å². The van der Waals surface area contributed by atoms with E-state index in [-0.39, 0.29) is 34.9 Å². The first-order valence-electron chi connectivity index (χ1n) is 12.9. The van der Waals surface area contributed by atoms with Crippen LogP contribution in [0, 0.1) is 16.7 Å². The average Bonchev–Trinajstić information content (AvgIpc) is 3.03. The molecule has 1 fully saturated rings. The summed E-state index contributed by atoms with van der Waals surface area (Å²) in [6.07, 6.45) is 7.21. The highest BCUT2D eigenvalue weighted by Crippen LogP contribution is 2.49. The summed E-state index contributed by atoms with van der Waals surface area (Å²) >= 11 is 0. The maximum Gasteiger partial charge on any atom is 0.338 e. The Balaban J connectivity index is 1.90. The summed E-state index contributed by atoms with van der Waals surface area (Å²) in [6, 6.07) is 7.56. The van der Waals surface area contributed by atoms with E-state index in [0.717, 1.165) is 44.1 Å². The monoisotopic (exact) mass is 468 g/mol. The van der Waals surface area contributed by atoms with Crippen LogP contribution in [0.4, 0.5) is 0 Å². The lowest BCUT2D eigenvalue weighted by Crippen LogP contribution is -2.51. The molecule has 0 bridgehead atoms. The number of nitrogens with zero attached hydrogens (tertiary/aromatic N) is 2. The van der Waals surface area contributed by atoms with Gasteiger partial charge in [-0.3, -0.25) is 9.79 Å².